The number of rotatable bonds is 3. The summed E-state index contributed by atoms with van der Waals surface area (Å²) in [6.45, 7) is 4.29. The number of carbonyl (C=O) groups is 1. The second-order valence-corrected chi connectivity index (χ2v) is 4.41. The van der Waals surface area contributed by atoms with Crippen molar-refractivity contribution < 1.29 is 4.79 Å². The van der Waals surface area contributed by atoms with Crippen molar-refractivity contribution in [3.63, 3.8) is 0 Å². The fourth-order valence-electron chi connectivity index (χ4n) is 1.36. The zero-order valence-corrected chi connectivity index (χ0v) is 10.0. The van der Waals surface area contributed by atoms with Gasteiger partial charge in [0.05, 0.1) is 5.00 Å². The van der Waals surface area contributed by atoms with Gasteiger partial charge in [0.15, 0.2) is 0 Å². The van der Waals surface area contributed by atoms with E-state index in [4.69, 9.17) is 5.26 Å². The lowest BCUT2D eigenvalue weighted by molar-refractivity contribution is -0.116. The summed E-state index contributed by atoms with van der Waals surface area (Å²) in [4.78, 5) is 13.8. The van der Waals surface area contributed by atoms with Crippen LogP contribution in [0, 0.1) is 11.3 Å². The number of hydrogen-bond donors (Lipinski definition) is 0. The maximum absolute atomic E-state index is 11.4. The van der Waals surface area contributed by atoms with E-state index in [9.17, 15) is 4.79 Å². The summed E-state index contributed by atoms with van der Waals surface area (Å²) >= 11 is 1.38. The molecule has 1 aromatic heterocycles. The van der Waals surface area contributed by atoms with Gasteiger partial charge in [0.1, 0.15) is 18.8 Å². The van der Waals surface area contributed by atoms with Crippen molar-refractivity contribution in [2.45, 2.75) is 20.3 Å². The number of nitriles is 1. The minimum Gasteiger partial charge on any atom is -0.304 e. The third-order valence-electron chi connectivity index (χ3n) is 2.10. The van der Waals surface area contributed by atoms with Crippen LogP contribution in [-0.2, 0) is 4.79 Å². The van der Waals surface area contributed by atoms with Crippen LogP contribution in [0.2, 0.25) is 0 Å². The van der Waals surface area contributed by atoms with Gasteiger partial charge < -0.3 is 4.90 Å². The average molecular weight is 220 g/mol. The number of anilines is 1. The second-order valence-electron chi connectivity index (χ2n) is 3.38. The Bertz CT molecular complexity index is 408. The molecular weight excluding hydrogens is 207 g/mol. The molecule has 0 saturated carbocycles. The molecule has 0 aromatic carbocycles. The molecule has 0 atom stereocenters. The quantitative estimate of drug-likeness (QED) is 0.701. The van der Waals surface area contributed by atoms with Gasteiger partial charge in [-0.2, -0.15) is 5.26 Å². The van der Waals surface area contributed by atoms with Crippen LogP contribution in [0.1, 0.15) is 25.1 Å². The van der Waals surface area contributed by atoms with Gasteiger partial charge >= 0.3 is 0 Å². The number of hydrogen-bond acceptors (Lipinski definition) is 3. The molecule has 0 unspecified atom stereocenters. The third kappa shape index (κ3) is 2.60. The van der Waals surface area contributed by atoms with Crippen LogP contribution >= 0.6 is 11.3 Å². The smallest absolute Gasteiger partial charge is 0.224 e. The fourth-order valence-corrected chi connectivity index (χ4v) is 2.40. The first kappa shape index (κ1) is 11.8. The Kier molecular flexibility index (Phi) is 3.92. The fraction of sp³-hybridized carbons (Fsp3) is 0.400. The number of amides is 1. The number of nitrogens with zero attached hydrogens (tertiary/aromatic N) is 2. The lowest BCUT2D eigenvalue weighted by Crippen LogP contribution is -2.28. The lowest BCUT2D eigenvalue weighted by atomic mass is 9.97. The summed E-state index contributed by atoms with van der Waals surface area (Å²) in [5, 5.41) is 9.71. The molecule has 15 heavy (non-hydrogen) atoms. The van der Waals surface area contributed by atoms with Crippen LogP contribution in [0.25, 0.3) is 0 Å². The van der Waals surface area contributed by atoms with Gasteiger partial charge in [0.2, 0.25) is 5.91 Å². The van der Waals surface area contributed by atoms with Crippen LogP contribution < -0.4 is 10.4 Å². The van der Waals surface area contributed by atoms with Gasteiger partial charge in [-0.05, 0) is 12.5 Å². The van der Waals surface area contributed by atoms with Crippen molar-refractivity contribution in [2.24, 2.45) is 0 Å². The highest BCUT2D eigenvalue weighted by atomic mass is 32.1. The molecule has 0 saturated heterocycles. The minimum absolute atomic E-state index is 0.0302. The third-order valence-corrected chi connectivity index (χ3v) is 3.26. The molecule has 0 aliphatic carbocycles. The van der Waals surface area contributed by atoms with Crippen LogP contribution in [0.4, 0.5) is 5.00 Å². The Morgan fingerprint density at radius 2 is 2.40 bits per heavy atom. The molecule has 5 heteroatoms. The molecule has 1 aromatic rings. The van der Waals surface area contributed by atoms with Crippen LogP contribution in [0.3, 0.4) is 0 Å². The maximum atomic E-state index is 11.4. The van der Waals surface area contributed by atoms with Crippen molar-refractivity contribution in [1.82, 2.24) is 0 Å². The van der Waals surface area contributed by atoms with E-state index in [2.05, 4.69) is 6.07 Å². The highest BCUT2D eigenvalue weighted by Gasteiger charge is 2.14. The monoisotopic (exact) mass is 220 g/mol. The number of carbonyl (C=O) groups excluding carboxylic acids is 1. The van der Waals surface area contributed by atoms with Gasteiger partial charge in [-0.1, -0.05) is 12.4 Å². The Hall–Kier alpha value is -1.28. The molecular formula is C10H13BN2OS. The molecule has 78 valence electrons. The highest BCUT2D eigenvalue weighted by Crippen LogP contribution is 2.23. The van der Waals surface area contributed by atoms with E-state index in [-0.39, 0.29) is 5.91 Å². The zero-order chi connectivity index (χ0) is 11.4. The summed E-state index contributed by atoms with van der Waals surface area (Å²) in [6, 6.07) is 4.04. The van der Waals surface area contributed by atoms with E-state index in [0.717, 1.165) is 16.9 Å². The molecule has 0 N–H and O–H groups in total. The van der Waals surface area contributed by atoms with Crippen molar-refractivity contribution in [2.75, 3.05) is 11.4 Å². The molecule has 3 nitrogen and oxygen atoms in total. The van der Waals surface area contributed by atoms with E-state index in [0.29, 0.717) is 11.4 Å². The molecule has 0 radical (unpaired) electrons. The molecule has 1 heterocycles. The first-order chi connectivity index (χ1) is 7.10. The Morgan fingerprint density at radius 1 is 1.73 bits per heavy atom. The van der Waals surface area contributed by atoms with Gasteiger partial charge in [0, 0.05) is 13.5 Å². The topological polar surface area (TPSA) is 44.1 Å². The average Bonchev–Trinajstić information content (AvgIpc) is 2.55. The zero-order valence-electron chi connectivity index (χ0n) is 9.20. The van der Waals surface area contributed by atoms with E-state index in [1.165, 1.54) is 11.3 Å². The molecule has 0 bridgehead atoms. The van der Waals surface area contributed by atoms with Crippen LogP contribution in [0.5, 0.6) is 0 Å². The van der Waals surface area contributed by atoms with Crippen molar-refractivity contribution in [1.29, 1.82) is 5.26 Å². The van der Waals surface area contributed by atoms with Gasteiger partial charge in [-0.15, -0.1) is 11.3 Å². The minimum atomic E-state index is 0.0302. The first-order valence-corrected chi connectivity index (χ1v) is 5.70. The van der Waals surface area contributed by atoms with Crippen LogP contribution in [0.15, 0.2) is 6.07 Å². The number of thiophene rings is 1. The van der Waals surface area contributed by atoms with Crippen molar-refractivity contribution in [3.8, 4) is 6.07 Å². The summed E-state index contributed by atoms with van der Waals surface area (Å²) in [7, 11) is 1.89. The lowest BCUT2D eigenvalue weighted by Gasteiger charge is -2.17. The molecule has 1 amide bonds. The van der Waals surface area contributed by atoms with E-state index in [1.54, 1.807) is 11.8 Å². The van der Waals surface area contributed by atoms with E-state index in [1.807, 2.05) is 20.8 Å². The molecule has 0 spiro atoms. The van der Waals surface area contributed by atoms with Gasteiger partial charge in [-0.25, -0.2) is 0 Å². The summed E-state index contributed by atoms with van der Waals surface area (Å²) in [5.41, 5.74) is 0.944. The first-order valence-electron chi connectivity index (χ1n) is 4.88. The Morgan fingerprint density at radius 3 is 2.80 bits per heavy atom. The predicted octanol–water partition coefficient (Wildman–Crippen LogP) is 0.641. The Labute approximate surface area is 94.7 Å². The normalized spacial score (nSPS) is 9.67. The van der Waals surface area contributed by atoms with Gasteiger partial charge in [-0.3, -0.25) is 4.79 Å². The molecule has 1 rings (SSSR count). The largest absolute Gasteiger partial charge is 0.304 e. The predicted molar refractivity (Wildman–Crippen MR) is 65.5 cm³/mol. The van der Waals surface area contributed by atoms with E-state index < -0.39 is 0 Å². The van der Waals surface area contributed by atoms with Crippen molar-refractivity contribution >= 4 is 35.6 Å². The van der Waals surface area contributed by atoms with Crippen LogP contribution in [-0.4, -0.2) is 20.3 Å². The molecule has 0 aliphatic rings. The maximum Gasteiger partial charge on any atom is 0.224 e. The van der Waals surface area contributed by atoms with Crippen molar-refractivity contribution in [3.05, 3.63) is 10.9 Å². The van der Waals surface area contributed by atoms with E-state index >= 15 is 0 Å². The van der Waals surface area contributed by atoms with Gasteiger partial charge in [0.25, 0.3) is 0 Å². The second kappa shape index (κ2) is 4.99. The standard InChI is InChI=1S/C10H13BN2OS/c1-3-4-13(7(2)14)10-5-8(11)9(6-12)15-10/h5H,3-4,11H2,1-2H3. The molecule has 0 fully saturated rings. The molecule has 0 aliphatic heterocycles. The highest BCUT2D eigenvalue weighted by molar-refractivity contribution is 7.17. The SMILES string of the molecule is Bc1cc(N(CCC)C(C)=O)sc1C#N. The summed E-state index contributed by atoms with van der Waals surface area (Å²) < 4.78 is 0. The Balaban J connectivity index is 3.02. The summed E-state index contributed by atoms with van der Waals surface area (Å²) in [6.07, 6.45) is 0.915. The summed E-state index contributed by atoms with van der Waals surface area (Å²) in [5.74, 6) is 0.0302.